The largest absolute Gasteiger partial charge is 0.465 e. The van der Waals surface area contributed by atoms with Crippen molar-refractivity contribution in [3.05, 3.63) is 0 Å². The van der Waals surface area contributed by atoms with Gasteiger partial charge in [-0.3, -0.25) is 9.59 Å². The summed E-state index contributed by atoms with van der Waals surface area (Å²) in [7, 11) is 0. The number of nitrogens with two attached hydrogens (primary N) is 2. The summed E-state index contributed by atoms with van der Waals surface area (Å²) in [5.41, 5.74) is 10.3. The van der Waals surface area contributed by atoms with E-state index in [0.717, 1.165) is 0 Å². The minimum atomic E-state index is -0.762. The second-order valence-corrected chi connectivity index (χ2v) is 3.62. The molecule has 5 heteroatoms. The first-order chi connectivity index (χ1) is 6.43. The van der Waals surface area contributed by atoms with Crippen LogP contribution in [-0.4, -0.2) is 24.5 Å². The van der Waals surface area contributed by atoms with Gasteiger partial charge in [0.2, 0.25) is 5.91 Å². The van der Waals surface area contributed by atoms with Crippen molar-refractivity contribution >= 4 is 11.9 Å². The van der Waals surface area contributed by atoms with Crippen molar-refractivity contribution in [1.82, 2.24) is 0 Å². The van der Waals surface area contributed by atoms with Gasteiger partial charge < -0.3 is 16.2 Å². The smallest absolute Gasteiger partial charge is 0.305 e. The van der Waals surface area contributed by atoms with Crippen LogP contribution in [-0.2, 0) is 14.3 Å². The molecular weight excluding hydrogens is 184 g/mol. The van der Waals surface area contributed by atoms with Gasteiger partial charge in [-0.25, -0.2) is 0 Å². The molecule has 0 aliphatic rings. The lowest BCUT2D eigenvalue weighted by atomic mass is 10.1. The van der Waals surface area contributed by atoms with Gasteiger partial charge in [0.05, 0.1) is 12.6 Å². The van der Waals surface area contributed by atoms with Gasteiger partial charge in [0, 0.05) is 6.42 Å². The summed E-state index contributed by atoms with van der Waals surface area (Å²) in [5.74, 6) is -0.624. The quantitative estimate of drug-likeness (QED) is 0.582. The summed E-state index contributed by atoms with van der Waals surface area (Å²) in [6.45, 7) is 4.29. The van der Waals surface area contributed by atoms with Crippen LogP contribution in [0.3, 0.4) is 0 Å². The van der Waals surface area contributed by atoms with Gasteiger partial charge in [-0.1, -0.05) is 13.8 Å². The zero-order valence-corrected chi connectivity index (χ0v) is 8.66. The molecule has 0 bridgehead atoms. The zero-order valence-electron chi connectivity index (χ0n) is 8.66. The number of carbonyl (C=O) groups excluding carboxylic acids is 2. The Kier molecular flexibility index (Phi) is 5.87. The number of esters is 1. The highest BCUT2D eigenvalue weighted by molar-refractivity contribution is 5.80. The van der Waals surface area contributed by atoms with Gasteiger partial charge >= 0.3 is 5.97 Å². The standard InChI is InChI=1S/C9H18N2O3/c1-6(2)5-14-8(12)4-3-7(10)9(11)13/h6-7H,3-5,10H2,1-2H3,(H2,11,13)/t7-/m0/s1. The van der Waals surface area contributed by atoms with Crippen molar-refractivity contribution in [3.63, 3.8) is 0 Å². The highest BCUT2D eigenvalue weighted by Crippen LogP contribution is 1.99. The van der Waals surface area contributed by atoms with E-state index < -0.39 is 11.9 Å². The molecule has 0 aromatic rings. The SMILES string of the molecule is CC(C)COC(=O)CC[C@H](N)C(N)=O. The number of rotatable bonds is 6. The van der Waals surface area contributed by atoms with E-state index in [1.165, 1.54) is 0 Å². The molecule has 0 saturated heterocycles. The van der Waals surface area contributed by atoms with Crippen LogP contribution >= 0.6 is 0 Å². The Morgan fingerprint density at radius 1 is 1.36 bits per heavy atom. The molecule has 1 atom stereocenters. The Bertz CT molecular complexity index is 204. The Balaban J connectivity index is 3.59. The van der Waals surface area contributed by atoms with Gasteiger partial charge in [-0.15, -0.1) is 0 Å². The summed E-state index contributed by atoms with van der Waals surface area (Å²) >= 11 is 0. The van der Waals surface area contributed by atoms with Crippen molar-refractivity contribution in [3.8, 4) is 0 Å². The van der Waals surface area contributed by atoms with Crippen molar-refractivity contribution in [1.29, 1.82) is 0 Å². The molecule has 5 nitrogen and oxygen atoms in total. The maximum absolute atomic E-state index is 11.0. The minimum Gasteiger partial charge on any atom is -0.465 e. The Morgan fingerprint density at radius 2 is 1.93 bits per heavy atom. The van der Waals surface area contributed by atoms with E-state index in [4.69, 9.17) is 16.2 Å². The van der Waals surface area contributed by atoms with Gasteiger partial charge in [-0.2, -0.15) is 0 Å². The molecule has 1 amide bonds. The van der Waals surface area contributed by atoms with Crippen LogP contribution in [0.4, 0.5) is 0 Å². The third-order valence-corrected chi connectivity index (χ3v) is 1.60. The van der Waals surface area contributed by atoms with E-state index in [2.05, 4.69) is 0 Å². The summed E-state index contributed by atoms with van der Waals surface area (Å²) in [4.78, 5) is 21.6. The number of hydrogen-bond donors (Lipinski definition) is 2. The third kappa shape index (κ3) is 6.42. The molecule has 0 radical (unpaired) electrons. The van der Waals surface area contributed by atoms with Crippen molar-refractivity contribution in [2.75, 3.05) is 6.61 Å². The van der Waals surface area contributed by atoms with Crippen molar-refractivity contribution < 1.29 is 14.3 Å². The Morgan fingerprint density at radius 3 is 2.36 bits per heavy atom. The molecular formula is C9H18N2O3. The van der Waals surface area contributed by atoms with Gasteiger partial charge in [0.1, 0.15) is 0 Å². The molecule has 4 N–H and O–H groups in total. The average Bonchev–Trinajstić information content (AvgIpc) is 2.10. The van der Waals surface area contributed by atoms with E-state index in [1.807, 2.05) is 13.8 Å². The van der Waals surface area contributed by atoms with Crippen molar-refractivity contribution in [2.24, 2.45) is 17.4 Å². The molecule has 0 saturated carbocycles. The van der Waals surface area contributed by atoms with Crippen LogP contribution in [0, 0.1) is 5.92 Å². The summed E-state index contributed by atoms with van der Waals surface area (Å²) in [5, 5.41) is 0. The van der Waals surface area contributed by atoms with E-state index in [-0.39, 0.29) is 18.8 Å². The maximum Gasteiger partial charge on any atom is 0.305 e. The molecule has 82 valence electrons. The van der Waals surface area contributed by atoms with Gasteiger partial charge in [0.25, 0.3) is 0 Å². The molecule has 0 aliphatic carbocycles. The fraction of sp³-hybridized carbons (Fsp3) is 0.778. The first-order valence-electron chi connectivity index (χ1n) is 4.64. The Labute approximate surface area is 83.8 Å². The lowest BCUT2D eigenvalue weighted by molar-refractivity contribution is -0.144. The summed E-state index contributed by atoms with van der Waals surface area (Å²) in [6.07, 6.45) is 0.378. The summed E-state index contributed by atoms with van der Waals surface area (Å²) < 4.78 is 4.89. The molecule has 0 heterocycles. The molecule has 0 fully saturated rings. The van der Waals surface area contributed by atoms with E-state index in [0.29, 0.717) is 12.5 Å². The zero-order chi connectivity index (χ0) is 11.1. The number of carbonyl (C=O) groups is 2. The molecule has 14 heavy (non-hydrogen) atoms. The fourth-order valence-electron chi connectivity index (χ4n) is 0.747. The first-order valence-corrected chi connectivity index (χ1v) is 4.64. The molecule has 0 spiro atoms. The van der Waals surface area contributed by atoms with Crippen molar-refractivity contribution in [2.45, 2.75) is 32.7 Å². The molecule has 0 aromatic heterocycles. The van der Waals surface area contributed by atoms with Crippen LogP contribution in [0.5, 0.6) is 0 Å². The number of ether oxygens (including phenoxy) is 1. The van der Waals surface area contributed by atoms with Crippen LogP contribution in [0.1, 0.15) is 26.7 Å². The predicted molar refractivity (Wildman–Crippen MR) is 52.2 cm³/mol. The van der Waals surface area contributed by atoms with E-state index in [1.54, 1.807) is 0 Å². The van der Waals surface area contributed by atoms with E-state index in [9.17, 15) is 9.59 Å². The normalized spacial score (nSPS) is 12.6. The van der Waals surface area contributed by atoms with Gasteiger partial charge in [-0.05, 0) is 12.3 Å². The first kappa shape index (κ1) is 12.9. The third-order valence-electron chi connectivity index (χ3n) is 1.60. The molecule has 0 unspecified atom stereocenters. The van der Waals surface area contributed by atoms with Crippen LogP contribution < -0.4 is 11.5 Å². The number of amides is 1. The molecule has 0 rings (SSSR count). The summed E-state index contributed by atoms with van der Waals surface area (Å²) in [6, 6.07) is -0.762. The highest BCUT2D eigenvalue weighted by Gasteiger charge is 2.12. The lowest BCUT2D eigenvalue weighted by Crippen LogP contribution is -2.36. The molecule has 0 aromatic carbocycles. The average molecular weight is 202 g/mol. The lowest BCUT2D eigenvalue weighted by Gasteiger charge is -2.08. The molecule has 0 aliphatic heterocycles. The second kappa shape index (κ2) is 6.37. The minimum absolute atomic E-state index is 0.136. The second-order valence-electron chi connectivity index (χ2n) is 3.62. The highest BCUT2D eigenvalue weighted by atomic mass is 16.5. The number of hydrogen-bond acceptors (Lipinski definition) is 4. The van der Waals surface area contributed by atoms with Crippen LogP contribution in [0.25, 0.3) is 0 Å². The fourth-order valence-corrected chi connectivity index (χ4v) is 0.747. The maximum atomic E-state index is 11.0. The monoisotopic (exact) mass is 202 g/mol. The topological polar surface area (TPSA) is 95.4 Å². The van der Waals surface area contributed by atoms with Crippen LogP contribution in [0.15, 0.2) is 0 Å². The number of primary amides is 1. The van der Waals surface area contributed by atoms with Crippen LogP contribution in [0.2, 0.25) is 0 Å². The van der Waals surface area contributed by atoms with E-state index >= 15 is 0 Å². The predicted octanol–water partition coefficient (Wildman–Crippen LogP) is -0.222. The Hall–Kier alpha value is -1.10. The van der Waals surface area contributed by atoms with Gasteiger partial charge in [0.15, 0.2) is 0 Å².